The maximum absolute atomic E-state index is 12.3. The van der Waals surface area contributed by atoms with E-state index < -0.39 is 36.2 Å². The van der Waals surface area contributed by atoms with E-state index in [9.17, 15) is 19.5 Å². The largest absolute Gasteiger partial charge is 0.480 e. The predicted molar refractivity (Wildman–Crippen MR) is 94.2 cm³/mol. The minimum atomic E-state index is -1.36. The van der Waals surface area contributed by atoms with Crippen molar-refractivity contribution < 1.29 is 29.3 Å². The smallest absolute Gasteiger partial charge is 0.408 e. The topological polar surface area (TPSA) is 125 Å². The lowest BCUT2D eigenvalue weighted by Crippen LogP contribution is -2.55. The SMILES string of the molecule is C=C(C)C[C@H](NC(=O)[C@@H](NC(=O)OCc1ccccc1)[C@@H](C)O)C(=O)O. The second-order valence-corrected chi connectivity index (χ2v) is 5.98. The fraction of sp³-hybridized carbons (Fsp3) is 0.389. The lowest BCUT2D eigenvalue weighted by molar-refractivity contribution is -0.142. The summed E-state index contributed by atoms with van der Waals surface area (Å²) in [6.45, 7) is 6.54. The maximum Gasteiger partial charge on any atom is 0.408 e. The van der Waals surface area contributed by atoms with Crippen molar-refractivity contribution in [1.82, 2.24) is 10.6 Å². The zero-order chi connectivity index (χ0) is 19.7. The fourth-order valence-electron chi connectivity index (χ4n) is 2.11. The van der Waals surface area contributed by atoms with Crippen LogP contribution < -0.4 is 10.6 Å². The Morgan fingerprint density at radius 2 is 1.81 bits per heavy atom. The molecule has 26 heavy (non-hydrogen) atoms. The summed E-state index contributed by atoms with van der Waals surface area (Å²) in [6, 6.07) is 6.37. The van der Waals surface area contributed by atoms with Gasteiger partial charge in [-0.2, -0.15) is 0 Å². The number of rotatable bonds is 9. The summed E-state index contributed by atoms with van der Waals surface area (Å²) in [5.74, 6) is -2.07. The van der Waals surface area contributed by atoms with Crippen molar-refractivity contribution in [2.45, 2.75) is 45.1 Å². The molecule has 0 radical (unpaired) electrons. The molecule has 0 saturated carbocycles. The molecule has 8 heteroatoms. The minimum absolute atomic E-state index is 0.00572. The van der Waals surface area contributed by atoms with E-state index in [0.29, 0.717) is 5.57 Å². The molecular weight excluding hydrogens is 340 g/mol. The highest BCUT2D eigenvalue weighted by Crippen LogP contribution is 2.05. The first-order valence-corrected chi connectivity index (χ1v) is 8.03. The molecule has 3 atom stereocenters. The number of ether oxygens (including phenoxy) is 1. The molecule has 0 aliphatic rings. The Balaban J connectivity index is 2.65. The number of hydrogen-bond acceptors (Lipinski definition) is 5. The number of amides is 2. The van der Waals surface area contributed by atoms with E-state index >= 15 is 0 Å². The first-order chi connectivity index (χ1) is 12.2. The van der Waals surface area contributed by atoms with Crippen LogP contribution in [-0.2, 0) is 20.9 Å². The number of alkyl carbamates (subject to hydrolysis) is 1. The number of hydrogen-bond donors (Lipinski definition) is 4. The molecule has 0 fully saturated rings. The van der Waals surface area contributed by atoms with Crippen molar-refractivity contribution in [1.29, 1.82) is 0 Å². The van der Waals surface area contributed by atoms with Crippen molar-refractivity contribution in [3.8, 4) is 0 Å². The quantitative estimate of drug-likeness (QED) is 0.488. The van der Waals surface area contributed by atoms with Gasteiger partial charge in [0.2, 0.25) is 5.91 Å². The lowest BCUT2D eigenvalue weighted by Gasteiger charge is -2.23. The standard InChI is InChI=1S/C18H24N2O6/c1-11(2)9-14(17(23)24)19-16(22)15(12(3)21)20-18(25)26-10-13-7-5-4-6-8-13/h4-8,12,14-15,21H,1,9-10H2,2-3H3,(H,19,22)(H,20,25)(H,23,24)/t12-,14+,15+/m1/s1. The summed E-state index contributed by atoms with van der Waals surface area (Å²) in [5.41, 5.74) is 1.33. The summed E-state index contributed by atoms with van der Waals surface area (Å²) < 4.78 is 5.00. The molecule has 1 rings (SSSR count). The van der Waals surface area contributed by atoms with Crippen LogP contribution in [0, 0.1) is 0 Å². The first kappa shape index (κ1) is 21.2. The number of aliphatic carboxylic acids is 1. The van der Waals surface area contributed by atoms with Crippen molar-refractivity contribution in [2.75, 3.05) is 0 Å². The Morgan fingerprint density at radius 3 is 2.31 bits per heavy atom. The molecule has 0 heterocycles. The highest BCUT2D eigenvalue weighted by Gasteiger charge is 2.30. The molecule has 0 spiro atoms. The third-order valence-electron chi connectivity index (χ3n) is 3.42. The van der Waals surface area contributed by atoms with Gasteiger partial charge in [0.05, 0.1) is 6.10 Å². The number of carboxylic acid groups (broad SMARTS) is 1. The molecule has 1 aromatic rings. The minimum Gasteiger partial charge on any atom is -0.480 e. The zero-order valence-corrected chi connectivity index (χ0v) is 14.8. The predicted octanol–water partition coefficient (Wildman–Crippen LogP) is 1.20. The van der Waals surface area contributed by atoms with E-state index in [4.69, 9.17) is 9.84 Å². The van der Waals surface area contributed by atoms with Crippen LogP contribution in [0.2, 0.25) is 0 Å². The Hall–Kier alpha value is -2.87. The van der Waals surface area contributed by atoms with Gasteiger partial charge in [-0.15, -0.1) is 6.58 Å². The van der Waals surface area contributed by atoms with E-state index in [0.717, 1.165) is 5.56 Å². The number of carbonyl (C=O) groups excluding carboxylic acids is 2. The summed E-state index contributed by atoms with van der Waals surface area (Å²) in [4.78, 5) is 35.3. The van der Waals surface area contributed by atoms with Crippen LogP contribution in [-0.4, -0.2) is 46.4 Å². The highest BCUT2D eigenvalue weighted by molar-refractivity contribution is 5.89. The molecule has 0 aliphatic carbocycles. The summed E-state index contributed by atoms with van der Waals surface area (Å²) in [6.07, 6.45) is -2.12. The van der Waals surface area contributed by atoms with Gasteiger partial charge in [-0.25, -0.2) is 9.59 Å². The number of nitrogens with one attached hydrogen (secondary N) is 2. The van der Waals surface area contributed by atoms with Gasteiger partial charge in [0, 0.05) is 0 Å². The van der Waals surface area contributed by atoms with Gasteiger partial charge in [0.15, 0.2) is 0 Å². The Kier molecular flexibility index (Phi) is 8.30. The van der Waals surface area contributed by atoms with Crippen molar-refractivity contribution >= 4 is 18.0 Å². The van der Waals surface area contributed by atoms with Gasteiger partial charge >= 0.3 is 12.1 Å². The maximum atomic E-state index is 12.3. The normalized spacial score (nSPS) is 13.8. The Bertz CT molecular complexity index is 644. The summed E-state index contributed by atoms with van der Waals surface area (Å²) >= 11 is 0. The van der Waals surface area contributed by atoms with Gasteiger partial charge in [-0.3, -0.25) is 4.79 Å². The molecule has 0 bridgehead atoms. The van der Waals surface area contributed by atoms with Crippen LogP contribution in [0.25, 0.3) is 0 Å². The van der Waals surface area contributed by atoms with Gasteiger partial charge < -0.3 is 25.6 Å². The molecule has 0 unspecified atom stereocenters. The summed E-state index contributed by atoms with van der Waals surface area (Å²) in [7, 11) is 0. The lowest BCUT2D eigenvalue weighted by atomic mass is 10.1. The van der Waals surface area contributed by atoms with E-state index in [1.807, 2.05) is 6.07 Å². The van der Waals surface area contributed by atoms with Crippen LogP contribution >= 0.6 is 0 Å². The first-order valence-electron chi connectivity index (χ1n) is 8.03. The molecule has 1 aromatic carbocycles. The molecule has 4 N–H and O–H groups in total. The van der Waals surface area contributed by atoms with Crippen LogP contribution in [0.5, 0.6) is 0 Å². The highest BCUT2D eigenvalue weighted by atomic mass is 16.5. The average molecular weight is 364 g/mol. The van der Waals surface area contributed by atoms with Crippen LogP contribution in [0.4, 0.5) is 4.79 Å². The van der Waals surface area contributed by atoms with Gasteiger partial charge in [0.1, 0.15) is 18.7 Å². The zero-order valence-electron chi connectivity index (χ0n) is 14.8. The molecule has 0 aromatic heterocycles. The Morgan fingerprint density at radius 1 is 1.19 bits per heavy atom. The Labute approximate surface area is 151 Å². The third kappa shape index (κ3) is 7.35. The molecule has 0 aliphatic heterocycles. The van der Waals surface area contributed by atoms with Gasteiger partial charge in [0.25, 0.3) is 0 Å². The van der Waals surface area contributed by atoms with Crippen molar-refractivity contribution in [3.63, 3.8) is 0 Å². The second-order valence-electron chi connectivity index (χ2n) is 5.98. The number of aliphatic hydroxyl groups is 1. The number of benzene rings is 1. The van der Waals surface area contributed by atoms with E-state index in [1.165, 1.54) is 6.92 Å². The van der Waals surface area contributed by atoms with Crippen LogP contribution in [0.15, 0.2) is 42.5 Å². The fourth-order valence-corrected chi connectivity index (χ4v) is 2.11. The van der Waals surface area contributed by atoms with E-state index in [1.54, 1.807) is 31.2 Å². The van der Waals surface area contributed by atoms with Gasteiger partial charge in [-0.1, -0.05) is 35.9 Å². The molecule has 2 amide bonds. The number of carbonyl (C=O) groups is 3. The summed E-state index contributed by atoms with van der Waals surface area (Å²) in [5, 5.41) is 23.4. The molecule has 142 valence electrons. The van der Waals surface area contributed by atoms with E-state index in [2.05, 4.69) is 17.2 Å². The molecular formula is C18H24N2O6. The number of carboxylic acids is 1. The second kappa shape index (κ2) is 10.2. The molecule has 0 saturated heterocycles. The van der Waals surface area contributed by atoms with Crippen molar-refractivity contribution in [2.24, 2.45) is 0 Å². The van der Waals surface area contributed by atoms with Gasteiger partial charge in [-0.05, 0) is 25.8 Å². The van der Waals surface area contributed by atoms with E-state index in [-0.39, 0.29) is 13.0 Å². The van der Waals surface area contributed by atoms with Crippen molar-refractivity contribution in [3.05, 3.63) is 48.0 Å². The number of aliphatic hydroxyl groups excluding tert-OH is 1. The van der Waals surface area contributed by atoms with Crippen LogP contribution in [0.3, 0.4) is 0 Å². The molecule has 8 nitrogen and oxygen atoms in total. The monoisotopic (exact) mass is 364 g/mol. The average Bonchev–Trinajstić information content (AvgIpc) is 2.57. The van der Waals surface area contributed by atoms with Crippen LogP contribution in [0.1, 0.15) is 25.8 Å². The third-order valence-corrected chi connectivity index (χ3v) is 3.42.